The molecule has 0 radical (unpaired) electrons. The Hall–Kier alpha value is -3.52. The number of carbonyl (C=O) groups is 1. The molecule has 1 N–H and O–H groups in total. The van der Waals surface area contributed by atoms with Gasteiger partial charge in [0.25, 0.3) is 10.0 Å². The maximum Gasteiger partial charge on any atom is 0.264 e. The standard InChI is InChI=1S/C26H30N2O5S/c1-20-11-13-21(14-12-20)8-7-17-27-26(29)19-28(22-9-5-4-6-10-22)34(30,31)23-15-16-24(32-2)25(18-23)33-3/h4-6,9-16,18H,7-8,17,19H2,1-3H3,(H,27,29). The summed E-state index contributed by atoms with van der Waals surface area (Å²) in [5, 5.41) is 2.84. The second-order valence-corrected chi connectivity index (χ2v) is 9.67. The number of anilines is 1. The number of hydrogen-bond donors (Lipinski definition) is 1. The average Bonchev–Trinajstić information content (AvgIpc) is 2.86. The van der Waals surface area contributed by atoms with Gasteiger partial charge in [0, 0.05) is 12.6 Å². The number of nitrogens with one attached hydrogen (secondary N) is 1. The Bertz CT molecular complexity index is 1200. The summed E-state index contributed by atoms with van der Waals surface area (Å²) >= 11 is 0. The van der Waals surface area contributed by atoms with Crippen LogP contribution in [-0.4, -0.2) is 41.6 Å². The van der Waals surface area contributed by atoms with Crippen LogP contribution in [0.5, 0.6) is 11.5 Å². The van der Waals surface area contributed by atoms with Gasteiger partial charge in [-0.1, -0.05) is 48.0 Å². The Labute approximate surface area is 201 Å². The van der Waals surface area contributed by atoms with Gasteiger partial charge in [-0.15, -0.1) is 0 Å². The van der Waals surface area contributed by atoms with Crippen molar-refractivity contribution in [2.45, 2.75) is 24.7 Å². The summed E-state index contributed by atoms with van der Waals surface area (Å²) in [4.78, 5) is 12.7. The molecule has 1 amide bonds. The van der Waals surface area contributed by atoms with Crippen molar-refractivity contribution in [3.63, 3.8) is 0 Å². The normalized spacial score (nSPS) is 11.0. The van der Waals surface area contributed by atoms with E-state index in [1.54, 1.807) is 30.3 Å². The third kappa shape index (κ3) is 6.29. The Morgan fingerprint density at radius 1 is 0.912 bits per heavy atom. The van der Waals surface area contributed by atoms with Crippen LogP contribution in [0, 0.1) is 6.92 Å². The van der Waals surface area contributed by atoms with Crippen LogP contribution in [0.3, 0.4) is 0 Å². The van der Waals surface area contributed by atoms with Crippen LogP contribution >= 0.6 is 0 Å². The number of aryl methyl sites for hydroxylation is 2. The van der Waals surface area contributed by atoms with Crippen molar-refractivity contribution in [1.82, 2.24) is 5.32 Å². The molecule has 3 aromatic rings. The number of rotatable bonds is 11. The SMILES string of the molecule is COc1ccc(S(=O)(=O)N(CC(=O)NCCCc2ccc(C)cc2)c2ccccc2)cc1OC. The number of amides is 1. The van der Waals surface area contributed by atoms with Gasteiger partial charge in [-0.3, -0.25) is 9.10 Å². The van der Waals surface area contributed by atoms with Crippen LogP contribution in [0.2, 0.25) is 0 Å². The Morgan fingerprint density at radius 2 is 1.59 bits per heavy atom. The summed E-state index contributed by atoms with van der Waals surface area (Å²) < 4.78 is 38.6. The fourth-order valence-electron chi connectivity index (χ4n) is 3.47. The molecule has 0 bridgehead atoms. The smallest absolute Gasteiger partial charge is 0.264 e. The largest absolute Gasteiger partial charge is 0.493 e. The van der Waals surface area contributed by atoms with Crippen LogP contribution in [-0.2, 0) is 21.2 Å². The molecule has 0 atom stereocenters. The molecule has 0 fully saturated rings. The van der Waals surface area contributed by atoms with Gasteiger partial charge in [-0.2, -0.15) is 0 Å². The molecule has 0 aliphatic heterocycles. The minimum Gasteiger partial charge on any atom is -0.493 e. The fraction of sp³-hybridized carbons (Fsp3) is 0.269. The second kappa shape index (κ2) is 11.6. The van der Waals surface area contributed by atoms with E-state index in [-0.39, 0.29) is 23.1 Å². The first-order valence-corrected chi connectivity index (χ1v) is 12.4. The fourth-order valence-corrected chi connectivity index (χ4v) is 4.91. The molecule has 0 unspecified atom stereocenters. The van der Waals surface area contributed by atoms with Crippen LogP contribution in [0.15, 0.2) is 77.7 Å². The van der Waals surface area contributed by atoms with E-state index in [4.69, 9.17) is 9.47 Å². The first-order chi connectivity index (χ1) is 16.3. The topological polar surface area (TPSA) is 84.9 Å². The summed E-state index contributed by atoms with van der Waals surface area (Å²) in [6.07, 6.45) is 1.58. The molecule has 180 valence electrons. The van der Waals surface area contributed by atoms with E-state index in [9.17, 15) is 13.2 Å². The highest BCUT2D eigenvalue weighted by Gasteiger charge is 2.28. The first kappa shape index (κ1) is 25.1. The summed E-state index contributed by atoms with van der Waals surface area (Å²) in [6.45, 7) is 2.15. The zero-order chi connectivity index (χ0) is 24.6. The van der Waals surface area contributed by atoms with Gasteiger partial charge in [-0.05, 0) is 49.6 Å². The predicted octanol–water partition coefficient (Wildman–Crippen LogP) is 3.96. The molecule has 0 saturated heterocycles. The van der Waals surface area contributed by atoms with Gasteiger partial charge >= 0.3 is 0 Å². The molecule has 3 aromatic carbocycles. The van der Waals surface area contributed by atoms with Gasteiger partial charge in [0.05, 0.1) is 24.8 Å². The number of sulfonamides is 1. The minimum absolute atomic E-state index is 0.00109. The van der Waals surface area contributed by atoms with E-state index >= 15 is 0 Å². The Morgan fingerprint density at radius 3 is 2.24 bits per heavy atom. The van der Waals surface area contributed by atoms with Crippen molar-refractivity contribution < 1.29 is 22.7 Å². The maximum atomic E-state index is 13.5. The predicted molar refractivity (Wildman–Crippen MR) is 133 cm³/mol. The maximum absolute atomic E-state index is 13.5. The van der Waals surface area contributed by atoms with Crippen LogP contribution in [0.25, 0.3) is 0 Å². The molecule has 0 aliphatic carbocycles. The number of carbonyl (C=O) groups excluding carboxylic acids is 1. The van der Waals surface area contributed by atoms with E-state index in [0.717, 1.165) is 17.1 Å². The lowest BCUT2D eigenvalue weighted by Crippen LogP contribution is -2.41. The average molecular weight is 483 g/mol. The molecule has 8 heteroatoms. The molecule has 0 aromatic heterocycles. The molecule has 34 heavy (non-hydrogen) atoms. The summed E-state index contributed by atoms with van der Waals surface area (Å²) in [5.74, 6) is 0.327. The highest BCUT2D eigenvalue weighted by molar-refractivity contribution is 7.92. The molecule has 0 saturated carbocycles. The lowest BCUT2D eigenvalue weighted by Gasteiger charge is -2.24. The van der Waals surface area contributed by atoms with E-state index in [2.05, 4.69) is 29.6 Å². The number of benzene rings is 3. The Kier molecular flexibility index (Phi) is 8.54. The third-order valence-corrected chi connectivity index (χ3v) is 7.13. The van der Waals surface area contributed by atoms with E-state index in [1.165, 1.54) is 43.5 Å². The second-order valence-electron chi connectivity index (χ2n) is 7.80. The van der Waals surface area contributed by atoms with Crippen LogP contribution in [0.4, 0.5) is 5.69 Å². The quantitative estimate of drug-likeness (QED) is 0.418. The van der Waals surface area contributed by atoms with Gasteiger partial charge in [0.1, 0.15) is 6.54 Å². The highest BCUT2D eigenvalue weighted by atomic mass is 32.2. The van der Waals surface area contributed by atoms with Crippen LogP contribution in [0.1, 0.15) is 17.5 Å². The molecule has 3 rings (SSSR count). The van der Waals surface area contributed by atoms with Crippen molar-refractivity contribution in [1.29, 1.82) is 0 Å². The van der Waals surface area contributed by atoms with Gasteiger partial charge in [0.2, 0.25) is 5.91 Å². The van der Waals surface area contributed by atoms with Gasteiger partial charge in [-0.25, -0.2) is 8.42 Å². The van der Waals surface area contributed by atoms with E-state index in [1.807, 2.05) is 6.92 Å². The van der Waals surface area contributed by atoms with Crippen molar-refractivity contribution in [3.05, 3.63) is 83.9 Å². The van der Waals surface area contributed by atoms with Crippen molar-refractivity contribution >= 4 is 21.6 Å². The molecular weight excluding hydrogens is 452 g/mol. The zero-order valence-electron chi connectivity index (χ0n) is 19.7. The summed E-state index contributed by atoms with van der Waals surface area (Å²) in [7, 11) is -1.13. The number of para-hydroxylation sites is 1. The Balaban J connectivity index is 1.73. The minimum atomic E-state index is -4.05. The van der Waals surface area contributed by atoms with Gasteiger partial charge in [0.15, 0.2) is 11.5 Å². The summed E-state index contributed by atoms with van der Waals surface area (Å²) in [5.41, 5.74) is 2.79. The lowest BCUT2D eigenvalue weighted by molar-refractivity contribution is -0.119. The first-order valence-electron chi connectivity index (χ1n) is 11.0. The molecule has 0 spiro atoms. The monoisotopic (exact) mass is 482 g/mol. The van der Waals surface area contributed by atoms with Crippen molar-refractivity contribution in [2.24, 2.45) is 0 Å². The number of hydrogen-bond acceptors (Lipinski definition) is 5. The van der Waals surface area contributed by atoms with Gasteiger partial charge < -0.3 is 14.8 Å². The summed E-state index contributed by atoms with van der Waals surface area (Å²) in [6, 6.07) is 21.2. The molecule has 0 heterocycles. The number of ether oxygens (including phenoxy) is 2. The van der Waals surface area contributed by atoms with E-state index < -0.39 is 10.0 Å². The zero-order valence-corrected chi connectivity index (χ0v) is 20.5. The van der Waals surface area contributed by atoms with Crippen molar-refractivity contribution in [2.75, 3.05) is 31.6 Å². The number of methoxy groups -OCH3 is 2. The van der Waals surface area contributed by atoms with E-state index in [0.29, 0.717) is 18.0 Å². The molecule has 7 nitrogen and oxygen atoms in total. The highest BCUT2D eigenvalue weighted by Crippen LogP contribution is 2.32. The van der Waals surface area contributed by atoms with Crippen molar-refractivity contribution in [3.8, 4) is 11.5 Å². The number of nitrogens with zero attached hydrogens (tertiary/aromatic N) is 1. The molecular formula is C26H30N2O5S. The lowest BCUT2D eigenvalue weighted by atomic mass is 10.1. The molecule has 0 aliphatic rings. The van der Waals surface area contributed by atoms with Crippen LogP contribution < -0.4 is 19.1 Å². The third-order valence-electron chi connectivity index (χ3n) is 5.36.